The Balaban J connectivity index is 1.87. The number of rotatable bonds is 4. The van der Waals surface area contributed by atoms with Crippen LogP contribution in [0.5, 0.6) is 0 Å². The first kappa shape index (κ1) is 19.3. The lowest BCUT2D eigenvalue weighted by molar-refractivity contribution is -0.159. The van der Waals surface area contributed by atoms with E-state index in [1.54, 1.807) is 38.1 Å². The SMILES string of the molecule is CC1(C)OC(=O)C(=CC(=O)NC(c2ccc(Cl)cc2)c2ccc(Cl)cc2)O1. The number of ether oxygens (including phenoxy) is 2. The summed E-state index contributed by atoms with van der Waals surface area (Å²) < 4.78 is 10.4. The van der Waals surface area contributed by atoms with Gasteiger partial charge in [0.05, 0.1) is 12.1 Å². The van der Waals surface area contributed by atoms with Crippen molar-refractivity contribution in [2.24, 2.45) is 0 Å². The average molecular weight is 406 g/mol. The van der Waals surface area contributed by atoms with Crippen molar-refractivity contribution in [3.8, 4) is 0 Å². The van der Waals surface area contributed by atoms with Gasteiger partial charge < -0.3 is 14.8 Å². The van der Waals surface area contributed by atoms with Gasteiger partial charge in [0.15, 0.2) is 0 Å². The molecule has 0 atom stereocenters. The molecule has 0 saturated carbocycles. The molecule has 140 valence electrons. The highest BCUT2D eigenvalue weighted by molar-refractivity contribution is 6.30. The van der Waals surface area contributed by atoms with Gasteiger partial charge in [-0.25, -0.2) is 4.79 Å². The van der Waals surface area contributed by atoms with E-state index in [1.165, 1.54) is 0 Å². The van der Waals surface area contributed by atoms with Gasteiger partial charge in [0, 0.05) is 23.9 Å². The first-order chi connectivity index (χ1) is 12.7. The van der Waals surface area contributed by atoms with Crippen LogP contribution >= 0.6 is 23.2 Å². The molecule has 1 fully saturated rings. The largest absolute Gasteiger partial charge is 0.445 e. The molecule has 0 spiro atoms. The van der Waals surface area contributed by atoms with E-state index < -0.39 is 23.7 Å². The summed E-state index contributed by atoms with van der Waals surface area (Å²) in [5.74, 6) is -2.39. The van der Waals surface area contributed by atoms with Gasteiger partial charge in [-0.1, -0.05) is 47.5 Å². The minimum atomic E-state index is -1.09. The lowest BCUT2D eigenvalue weighted by Crippen LogP contribution is -2.28. The molecule has 1 amide bonds. The molecular weight excluding hydrogens is 389 g/mol. The Morgan fingerprint density at radius 1 is 0.963 bits per heavy atom. The van der Waals surface area contributed by atoms with Crippen LogP contribution in [-0.2, 0) is 19.1 Å². The zero-order valence-corrected chi connectivity index (χ0v) is 16.2. The van der Waals surface area contributed by atoms with Crippen molar-refractivity contribution in [2.75, 3.05) is 0 Å². The summed E-state index contributed by atoms with van der Waals surface area (Å²) in [7, 11) is 0. The van der Waals surface area contributed by atoms with Crippen molar-refractivity contribution in [3.63, 3.8) is 0 Å². The van der Waals surface area contributed by atoms with Gasteiger partial charge >= 0.3 is 5.97 Å². The number of carbonyl (C=O) groups excluding carboxylic acids is 2. The maximum absolute atomic E-state index is 12.5. The van der Waals surface area contributed by atoms with E-state index in [9.17, 15) is 9.59 Å². The Kier molecular flexibility index (Phi) is 5.44. The number of carbonyl (C=O) groups is 2. The molecule has 0 bridgehead atoms. The van der Waals surface area contributed by atoms with Crippen LogP contribution in [0.25, 0.3) is 0 Å². The molecule has 1 saturated heterocycles. The molecule has 0 aliphatic carbocycles. The fourth-order valence-corrected chi connectivity index (χ4v) is 2.91. The van der Waals surface area contributed by atoms with Crippen LogP contribution in [0.15, 0.2) is 60.4 Å². The third-order valence-electron chi connectivity index (χ3n) is 3.85. The van der Waals surface area contributed by atoms with E-state index in [0.29, 0.717) is 10.0 Å². The third kappa shape index (κ3) is 4.81. The summed E-state index contributed by atoms with van der Waals surface area (Å²) in [4.78, 5) is 24.3. The summed E-state index contributed by atoms with van der Waals surface area (Å²) in [6.45, 7) is 3.18. The first-order valence-corrected chi connectivity index (χ1v) is 8.94. The predicted octanol–water partition coefficient (Wildman–Crippen LogP) is 4.39. The zero-order valence-electron chi connectivity index (χ0n) is 14.7. The second-order valence-corrected chi connectivity index (χ2v) is 7.32. The summed E-state index contributed by atoms with van der Waals surface area (Å²) in [5, 5.41) is 4.05. The van der Waals surface area contributed by atoms with Crippen molar-refractivity contribution in [1.82, 2.24) is 5.32 Å². The maximum Gasteiger partial charge on any atom is 0.377 e. The summed E-state index contributed by atoms with van der Waals surface area (Å²) in [5.41, 5.74) is 1.65. The van der Waals surface area contributed by atoms with Crippen LogP contribution in [-0.4, -0.2) is 17.7 Å². The molecule has 1 aliphatic heterocycles. The van der Waals surface area contributed by atoms with Crippen molar-refractivity contribution in [2.45, 2.75) is 25.7 Å². The van der Waals surface area contributed by atoms with Crippen LogP contribution in [0.1, 0.15) is 31.0 Å². The average Bonchev–Trinajstić information content (AvgIpc) is 2.86. The summed E-state index contributed by atoms with van der Waals surface area (Å²) in [6.07, 6.45) is 1.09. The quantitative estimate of drug-likeness (QED) is 0.604. The van der Waals surface area contributed by atoms with Crippen molar-refractivity contribution < 1.29 is 19.1 Å². The van der Waals surface area contributed by atoms with E-state index in [4.69, 9.17) is 32.7 Å². The summed E-state index contributed by atoms with van der Waals surface area (Å²) in [6, 6.07) is 13.8. The number of benzene rings is 2. The van der Waals surface area contributed by atoms with Crippen LogP contribution in [0, 0.1) is 0 Å². The molecule has 2 aromatic carbocycles. The first-order valence-electron chi connectivity index (χ1n) is 8.19. The lowest BCUT2D eigenvalue weighted by atomic mass is 9.98. The minimum absolute atomic E-state index is 0.136. The van der Waals surface area contributed by atoms with Gasteiger partial charge in [-0.2, -0.15) is 0 Å². The van der Waals surface area contributed by atoms with E-state index >= 15 is 0 Å². The molecule has 27 heavy (non-hydrogen) atoms. The molecule has 1 N–H and O–H groups in total. The van der Waals surface area contributed by atoms with E-state index in [-0.39, 0.29) is 5.76 Å². The topological polar surface area (TPSA) is 64.6 Å². The Hall–Kier alpha value is -2.50. The van der Waals surface area contributed by atoms with Crippen molar-refractivity contribution in [1.29, 1.82) is 0 Å². The number of amides is 1. The van der Waals surface area contributed by atoms with Crippen LogP contribution < -0.4 is 5.32 Å². The number of cyclic esters (lactones) is 1. The lowest BCUT2D eigenvalue weighted by Gasteiger charge is -2.19. The fraction of sp³-hybridized carbons (Fsp3) is 0.200. The Morgan fingerprint density at radius 3 is 1.85 bits per heavy atom. The zero-order chi connectivity index (χ0) is 19.6. The molecule has 2 aromatic rings. The number of hydrogen-bond donors (Lipinski definition) is 1. The highest BCUT2D eigenvalue weighted by Gasteiger charge is 2.37. The fourth-order valence-electron chi connectivity index (χ4n) is 2.66. The smallest absolute Gasteiger partial charge is 0.377 e. The third-order valence-corrected chi connectivity index (χ3v) is 4.35. The second kappa shape index (κ2) is 7.62. The van der Waals surface area contributed by atoms with E-state index in [2.05, 4.69) is 5.32 Å². The van der Waals surface area contributed by atoms with Gasteiger partial charge in [-0.05, 0) is 35.4 Å². The number of hydrogen-bond acceptors (Lipinski definition) is 4. The van der Waals surface area contributed by atoms with Crippen LogP contribution in [0.4, 0.5) is 0 Å². The molecule has 0 unspecified atom stereocenters. The predicted molar refractivity (Wildman–Crippen MR) is 102 cm³/mol. The number of nitrogens with one attached hydrogen (secondary N) is 1. The summed E-state index contributed by atoms with van der Waals surface area (Å²) >= 11 is 11.9. The minimum Gasteiger partial charge on any atom is -0.445 e. The molecule has 1 heterocycles. The van der Waals surface area contributed by atoms with Crippen molar-refractivity contribution >= 4 is 35.1 Å². The second-order valence-electron chi connectivity index (χ2n) is 6.44. The van der Waals surface area contributed by atoms with Gasteiger partial charge in [0.2, 0.25) is 17.5 Å². The molecule has 7 heteroatoms. The molecule has 5 nitrogen and oxygen atoms in total. The number of esters is 1. The van der Waals surface area contributed by atoms with Gasteiger partial charge in [-0.3, -0.25) is 4.79 Å². The normalized spacial score (nSPS) is 16.9. The number of halogens is 2. The molecule has 0 aromatic heterocycles. The van der Waals surface area contributed by atoms with E-state index in [1.807, 2.05) is 24.3 Å². The highest BCUT2D eigenvalue weighted by atomic mass is 35.5. The van der Waals surface area contributed by atoms with Gasteiger partial charge in [-0.15, -0.1) is 0 Å². The van der Waals surface area contributed by atoms with Crippen molar-refractivity contribution in [3.05, 3.63) is 81.5 Å². The monoisotopic (exact) mass is 405 g/mol. The molecule has 3 rings (SSSR count). The molecular formula is C20H17Cl2NO4. The Labute approximate surface area is 166 Å². The highest BCUT2D eigenvalue weighted by Crippen LogP contribution is 2.27. The van der Waals surface area contributed by atoms with Crippen LogP contribution in [0.3, 0.4) is 0 Å². The molecule has 1 aliphatic rings. The Morgan fingerprint density at radius 2 is 1.44 bits per heavy atom. The van der Waals surface area contributed by atoms with Crippen LogP contribution in [0.2, 0.25) is 10.0 Å². The van der Waals surface area contributed by atoms with Gasteiger partial charge in [0.25, 0.3) is 0 Å². The maximum atomic E-state index is 12.5. The van der Waals surface area contributed by atoms with Gasteiger partial charge in [0.1, 0.15) is 0 Å². The molecule has 0 radical (unpaired) electrons. The standard InChI is InChI=1S/C20H17Cl2NO4/c1-20(2)26-16(19(25)27-20)11-17(24)23-18(12-3-7-14(21)8-4-12)13-5-9-15(22)10-6-13/h3-11,18H,1-2H3,(H,23,24). The Bertz CT molecular complexity index is 844. The van der Waals surface area contributed by atoms with E-state index in [0.717, 1.165) is 17.2 Å².